The van der Waals surface area contributed by atoms with E-state index in [0.29, 0.717) is 5.75 Å². The molecule has 5 heteroatoms. The van der Waals surface area contributed by atoms with Gasteiger partial charge in [0.05, 0.1) is 10.9 Å². The van der Waals surface area contributed by atoms with Crippen LogP contribution in [0.4, 0.5) is 4.39 Å². The third kappa shape index (κ3) is 3.16. The molecule has 14 heavy (non-hydrogen) atoms. The van der Waals surface area contributed by atoms with E-state index < -0.39 is 5.82 Å². The van der Waals surface area contributed by atoms with Crippen molar-refractivity contribution in [2.75, 3.05) is 12.5 Å². The lowest BCUT2D eigenvalue weighted by Gasteiger charge is -2.04. The Morgan fingerprint density at radius 2 is 2.21 bits per heavy atom. The fourth-order valence-electron chi connectivity index (χ4n) is 0.769. The molecule has 0 saturated heterocycles. The quantitative estimate of drug-likeness (QED) is 0.752. The summed E-state index contributed by atoms with van der Waals surface area (Å²) in [5.74, 6) is -0.528. The zero-order chi connectivity index (χ0) is 10.6. The molecule has 0 aliphatic rings. The molecule has 2 nitrogen and oxygen atoms in total. The average molecular weight is 237 g/mol. The topological polar surface area (TPSA) is 26.3 Å². The number of hydrogen-bond acceptors (Lipinski definition) is 2. The molecule has 0 atom stereocenters. The standard InChI is InChI=1S/C9H7Cl2FO2/c10-4-6(13)5-14-7-1-2-9(12)8(11)3-7/h1-3H,4-5H2. The number of ether oxygens (including phenoxy) is 1. The van der Waals surface area contributed by atoms with E-state index in [0.717, 1.165) is 0 Å². The van der Waals surface area contributed by atoms with E-state index >= 15 is 0 Å². The van der Waals surface area contributed by atoms with Crippen molar-refractivity contribution >= 4 is 29.0 Å². The smallest absolute Gasteiger partial charge is 0.184 e. The Bertz CT molecular complexity index is 342. The van der Waals surface area contributed by atoms with E-state index in [1.165, 1.54) is 18.2 Å². The summed E-state index contributed by atoms with van der Waals surface area (Å²) in [5.41, 5.74) is 0. The molecule has 0 aliphatic carbocycles. The van der Waals surface area contributed by atoms with Gasteiger partial charge in [-0.25, -0.2) is 4.39 Å². The van der Waals surface area contributed by atoms with Crippen LogP contribution in [-0.4, -0.2) is 18.3 Å². The number of hydrogen-bond donors (Lipinski definition) is 0. The van der Waals surface area contributed by atoms with Gasteiger partial charge in [-0.2, -0.15) is 0 Å². The third-order valence-corrected chi connectivity index (χ3v) is 2.03. The monoisotopic (exact) mass is 236 g/mol. The maximum Gasteiger partial charge on any atom is 0.184 e. The normalized spacial score (nSPS) is 9.93. The summed E-state index contributed by atoms with van der Waals surface area (Å²) in [4.78, 5) is 10.8. The predicted molar refractivity (Wildman–Crippen MR) is 52.6 cm³/mol. The van der Waals surface area contributed by atoms with Crippen LogP contribution < -0.4 is 4.74 Å². The summed E-state index contributed by atoms with van der Waals surface area (Å²) in [6.07, 6.45) is 0. The predicted octanol–water partition coefficient (Wildman–Crippen LogP) is 2.67. The number of Topliss-reactive ketones (excluding diaryl/α,β-unsaturated/α-hetero) is 1. The second kappa shape index (κ2) is 5.17. The van der Waals surface area contributed by atoms with E-state index in [9.17, 15) is 9.18 Å². The summed E-state index contributed by atoms with van der Waals surface area (Å²) in [5, 5.41) is -0.0409. The second-order valence-electron chi connectivity index (χ2n) is 2.54. The molecular weight excluding hydrogens is 230 g/mol. The fraction of sp³-hybridized carbons (Fsp3) is 0.222. The van der Waals surface area contributed by atoms with Gasteiger partial charge in [-0.05, 0) is 12.1 Å². The summed E-state index contributed by atoms with van der Waals surface area (Å²) < 4.78 is 17.7. The maximum atomic E-state index is 12.7. The molecule has 1 aromatic carbocycles. The zero-order valence-corrected chi connectivity index (χ0v) is 8.61. The van der Waals surface area contributed by atoms with Crippen molar-refractivity contribution < 1.29 is 13.9 Å². The lowest BCUT2D eigenvalue weighted by atomic mass is 10.3. The van der Waals surface area contributed by atoms with Crippen LogP contribution in [0.5, 0.6) is 5.75 Å². The van der Waals surface area contributed by atoms with Gasteiger partial charge >= 0.3 is 0 Å². The highest BCUT2D eigenvalue weighted by Gasteiger charge is 2.04. The van der Waals surface area contributed by atoms with E-state index in [2.05, 4.69) is 0 Å². The molecule has 0 fully saturated rings. The molecule has 1 rings (SSSR count). The lowest BCUT2D eigenvalue weighted by molar-refractivity contribution is -0.118. The third-order valence-electron chi connectivity index (χ3n) is 1.44. The number of alkyl halides is 1. The van der Waals surface area contributed by atoms with Crippen LogP contribution in [0, 0.1) is 5.82 Å². The van der Waals surface area contributed by atoms with Gasteiger partial charge in [-0.15, -0.1) is 11.6 Å². The molecule has 0 spiro atoms. The Morgan fingerprint density at radius 3 is 2.79 bits per heavy atom. The van der Waals surface area contributed by atoms with Crippen LogP contribution in [0.25, 0.3) is 0 Å². The van der Waals surface area contributed by atoms with Gasteiger partial charge in [0.1, 0.15) is 18.2 Å². The molecule has 0 aromatic heterocycles. The van der Waals surface area contributed by atoms with Gasteiger partial charge in [0.2, 0.25) is 0 Å². The average Bonchev–Trinajstić information content (AvgIpc) is 2.19. The van der Waals surface area contributed by atoms with Crippen molar-refractivity contribution in [1.82, 2.24) is 0 Å². The van der Waals surface area contributed by atoms with Gasteiger partial charge in [0.25, 0.3) is 0 Å². The van der Waals surface area contributed by atoms with Crippen molar-refractivity contribution in [3.05, 3.63) is 29.0 Å². The molecular formula is C9H7Cl2FO2. The molecule has 0 radical (unpaired) electrons. The van der Waals surface area contributed by atoms with Crippen LogP contribution in [0.2, 0.25) is 5.02 Å². The summed E-state index contributed by atoms with van der Waals surface area (Å²) in [6, 6.07) is 3.87. The first-order valence-electron chi connectivity index (χ1n) is 3.79. The van der Waals surface area contributed by atoms with E-state index in [1.807, 2.05) is 0 Å². The van der Waals surface area contributed by atoms with Crippen molar-refractivity contribution in [1.29, 1.82) is 0 Å². The Morgan fingerprint density at radius 1 is 1.50 bits per heavy atom. The molecule has 0 heterocycles. The minimum absolute atomic E-state index is 0.0409. The first kappa shape index (κ1) is 11.3. The van der Waals surface area contributed by atoms with Crippen LogP contribution >= 0.6 is 23.2 Å². The number of carbonyl (C=O) groups is 1. The zero-order valence-electron chi connectivity index (χ0n) is 7.10. The van der Waals surface area contributed by atoms with Gasteiger partial charge in [0.15, 0.2) is 5.78 Å². The number of carbonyl (C=O) groups excluding carboxylic acids is 1. The van der Waals surface area contributed by atoms with Crippen LogP contribution in [0.15, 0.2) is 18.2 Å². The minimum Gasteiger partial charge on any atom is -0.486 e. The summed E-state index contributed by atoms with van der Waals surface area (Å²) in [6.45, 7) is -0.133. The Labute approximate surface area is 90.6 Å². The highest BCUT2D eigenvalue weighted by molar-refractivity contribution is 6.30. The molecule has 0 N–H and O–H groups in total. The summed E-state index contributed by atoms with van der Waals surface area (Å²) >= 11 is 10.8. The number of halogens is 3. The molecule has 76 valence electrons. The fourth-order valence-corrected chi connectivity index (χ4v) is 1.02. The van der Waals surface area contributed by atoms with E-state index in [4.69, 9.17) is 27.9 Å². The first-order chi connectivity index (χ1) is 6.63. The van der Waals surface area contributed by atoms with Crippen molar-refractivity contribution in [2.45, 2.75) is 0 Å². The van der Waals surface area contributed by atoms with Crippen LogP contribution in [0.1, 0.15) is 0 Å². The number of rotatable bonds is 4. The Kier molecular flexibility index (Phi) is 4.17. The molecule has 0 aliphatic heterocycles. The van der Waals surface area contributed by atoms with Gasteiger partial charge in [0, 0.05) is 6.07 Å². The van der Waals surface area contributed by atoms with Crippen molar-refractivity contribution in [3.63, 3.8) is 0 Å². The van der Waals surface area contributed by atoms with E-state index in [1.54, 1.807) is 0 Å². The highest BCUT2D eigenvalue weighted by atomic mass is 35.5. The Hall–Kier alpha value is -0.800. The van der Waals surface area contributed by atoms with Crippen LogP contribution in [0.3, 0.4) is 0 Å². The van der Waals surface area contributed by atoms with Crippen molar-refractivity contribution in [3.8, 4) is 5.75 Å². The van der Waals surface area contributed by atoms with Crippen molar-refractivity contribution in [2.24, 2.45) is 0 Å². The maximum absolute atomic E-state index is 12.7. The summed E-state index contributed by atoms with van der Waals surface area (Å²) in [7, 11) is 0. The Balaban J connectivity index is 2.60. The molecule has 0 unspecified atom stereocenters. The molecule has 0 bridgehead atoms. The molecule has 0 amide bonds. The van der Waals surface area contributed by atoms with Gasteiger partial charge in [-0.1, -0.05) is 11.6 Å². The largest absolute Gasteiger partial charge is 0.486 e. The van der Waals surface area contributed by atoms with Gasteiger partial charge < -0.3 is 4.74 Å². The highest BCUT2D eigenvalue weighted by Crippen LogP contribution is 2.20. The van der Waals surface area contributed by atoms with Gasteiger partial charge in [-0.3, -0.25) is 4.79 Å². The number of ketones is 1. The van der Waals surface area contributed by atoms with E-state index in [-0.39, 0.29) is 23.3 Å². The van der Waals surface area contributed by atoms with Crippen LogP contribution in [-0.2, 0) is 4.79 Å². The first-order valence-corrected chi connectivity index (χ1v) is 4.70. The SMILES string of the molecule is O=C(CCl)COc1ccc(F)c(Cl)c1. The minimum atomic E-state index is -0.525. The lowest BCUT2D eigenvalue weighted by Crippen LogP contribution is -2.12. The molecule has 1 aromatic rings. The molecule has 0 saturated carbocycles. The second-order valence-corrected chi connectivity index (χ2v) is 3.21. The number of benzene rings is 1.